The van der Waals surface area contributed by atoms with E-state index >= 15 is 0 Å². The van der Waals surface area contributed by atoms with Crippen molar-refractivity contribution in [2.45, 2.75) is 30.5 Å². The van der Waals surface area contributed by atoms with Crippen molar-refractivity contribution in [1.29, 1.82) is 0 Å². The minimum atomic E-state index is 0.416. The summed E-state index contributed by atoms with van der Waals surface area (Å²) in [6.45, 7) is 5.34. The summed E-state index contributed by atoms with van der Waals surface area (Å²) in [6, 6.07) is 9.19. The molecule has 0 amide bonds. The van der Waals surface area contributed by atoms with Crippen molar-refractivity contribution in [2.75, 3.05) is 6.54 Å². The molecule has 2 aromatic rings. The van der Waals surface area contributed by atoms with Crippen molar-refractivity contribution in [1.82, 2.24) is 10.3 Å². The first-order valence-corrected chi connectivity index (χ1v) is 7.99. The van der Waals surface area contributed by atoms with Crippen LogP contribution in [0.2, 0.25) is 0 Å². The van der Waals surface area contributed by atoms with Gasteiger partial charge in [-0.3, -0.25) is 4.98 Å². The minimum absolute atomic E-state index is 0.416. The standard InChI is InChI=1S/C14H18N2S2/c1-3-16-11(2)12-5-4-6-13(7-12)17-9-14-8-15-10-18-14/h4-8,10-11,16H,3,9H2,1-2H3. The SMILES string of the molecule is CCNC(C)c1cccc(SCc2cncs2)c1. The normalized spacial score (nSPS) is 12.6. The third kappa shape index (κ3) is 3.83. The topological polar surface area (TPSA) is 24.9 Å². The van der Waals surface area contributed by atoms with E-state index in [0.29, 0.717) is 6.04 Å². The van der Waals surface area contributed by atoms with Crippen LogP contribution in [0.25, 0.3) is 0 Å². The molecule has 0 aliphatic rings. The highest BCUT2D eigenvalue weighted by Gasteiger charge is 2.05. The zero-order valence-corrected chi connectivity index (χ0v) is 12.4. The largest absolute Gasteiger partial charge is 0.310 e. The van der Waals surface area contributed by atoms with Gasteiger partial charge in [-0.1, -0.05) is 19.1 Å². The number of rotatable bonds is 6. The first-order chi connectivity index (χ1) is 8.79. The van der Waals surface area contributed by atoms with Gasteiger partial charge in [0.1, 0.15) is 0 Å². The summed E-state index contributed by atoms with van der Waals surface area (Å²) in [7, 11) is 0. The van der Waals surface area contributed by atoms with E-state index in [1.54, 1.807) is 11.3 Å². The zero-order chi connectivity index (χ0) is 12.8. The molecule has 1 heterocycles. The van der Waals surface area contributed by atoms with Gasteiger partial charge in [-0.05, 0) is 31.2 Å². The summed E-state index contributed by atoms with van der Waals surface area (Å²) in [4.78, 5) is 6.75. The van der Waals surface area contributed by atoms with Crippen LogP contribution < -0.4 is 5.32 Å². The van der Waals surface area contributed by atoms with Crippen molar-refractivity contribution in [3.8, 4) is 0 Å². The van der Waals surface area contributed by atoms with Crippen LogP contribution in [-0.2, 0) is 5.75 Å². The first-order valence-electron chi connectivity index (χ1n) is 6.13. The van der Waals surface area contributed by atoms with Crippen LogP contribution in [0.5, 0.6) is 0 Å². The number of hydrogen-bond acceptors (Lipinski definition) is 4. The van der Waals surface area contributed by atoms with E-state index in [4.69, 9.17) is 0 Å². The summed E-state index contributed by atoms with van der Waals surface area (Å²) >= 11 is 3.59. The van der Waals surface area contributed by atoms with Crippen LogP contribution in [-0.4, -0.2) is 11.5 Å². The fraction of sp³-hybridized carbons (Fsp3) is 0.357. The Hall–Kier alpha value is -0.840. The second-order valence-corrected chi connectivity index (χ2v) is 6.13. The van der Waals surface area contributed by atoms with Gasteiger partial charge in [0.2, 0.25) is 0 Å². The van der Waals surface area contributed by atoms with E-state index in [2.05, 4.69) is 48.4 Å². The summed E-state index contributed by atoms with van der Waals surface area (Å²) in [6.07, 6.45) is 1.95. The molecule has 0 saturated heterocycles. The van der Waals surface area contributed by atoms with Gasteiger partial charge in [-0.25, -0.2) is 0 Å². The van der Waals surface area contributed by atoms with E-state index < -0.39 is 0 Å². The van der Waals surface area contributed by atoms with Gasteiger partial charge in [0, 0.05) is 27.8 Å². The van der Waals surface area contributed by atoms with Gasteiger partial charge in [0.25, 0.3) is 0 Å². The van der Waals surface area contributed by atoms with Crippen LogP contribution in [0.15, 0.2) is 40.9 Å². The Labute approximate surface area is 117 Å². The van der Waals surface area contributed by atoms with Crippen molar-refractivity contribution in [3.63, 3.8) is 0 Å². The molecule has 0 radical (unpaired) electrons. The molecule has 18 heavy (non-hydrogen) atoms. The molecule has 96 valence electrons. The van der Waals surface area contributed by atoms with Gasteiger partial charge in [-0.15, -0.1) is 23.1 Å². The highest BCUT2D eigenvalue weighted by molar-refractivity contribution is 7.98. The van der Waals surface area contributed by atoms with E-state index in [0.717, 1.165) is 12.3 Å². The molecule has 1 aromatic carbocycles. The number of aromatic nitrogens is 1. The second kappa shape index (κ2) is 6.92. The molecule has 1 aromatic heterocycles. The molecule has 0 aliphatic carbocycles. The molecule has 1 N–H and O–H groups in total. The zero-order valence-electron chi connectivity index (χ0n) is 10.7. The maximum absolute atomic E-state index is 4.10. The van der Waals surface area contributed by atoms with E-state index in [-0.39, 0.29) is 0 Å². The average Bonchev–Trinajstić information content (AvgIpc) is 2.90. The third-order valence-corrected chi connectivity index (χ3v) is 4.74. The highest BCUT2D eigenvalue weighted by atomic mass is 32.2. The van der Waals surface area contributed by atoms with Crippen LogP contribution in [0.4, 0.5) is 0 Å². The minimum Gasteiger partial charge on any atom is -0.310 e. The smallest absolute Gasteiger partial charge is 0.0794 e. The lowest BCUT2D eigenvalue weighted by molar-refractivity contribution is 0.597. The van der Waals surface area contributed by atoms with Gasteiger partial charge in [0.15, 0.2) is 0 Å². The predicted molar refractivity (Wildman–Crippen MR) is 80.2 cm³/mol. The monoisotopic (exact) mass is 278 g/mol. The number of nitrogens with zero attached hydrogens (tertiary/aromatic N) is 1. The fourth-order valence-electron chi connectivity index (χ4n) is 1.77. The van der Waals surface area contributed by atoms with Crippen molar-refractivity contribution < 1.29 is 0 Å². The second-order valence-electron chi connectivity index (χ2n) is 4.11. The Balaban J connectivity index is 1.98. The molecule has 0 fully saturated rings. The van der Waals surface area contributed by atoms with Gasteiger partial charge < -0.3 is 5.32 Å². The van der Waals surface area contributed by atoms with Crippen molar-refractivity contribution >= 4 is 23.1 Å². The maximum Gasteiger partial charge on any atom is 0.0794 e. The molecule has 1 unspecified atom stereocenters. The molecule has 0 bridgehead atoms. The Morgan fingerprint density at radius 2 is 2.33 bits per heavy atom. The summed E-state index contributed by atoms with van der Waals surface area (Å²) in [5.41, 5.74) is 3.24. The number of thioether (sulfide) groups is 1. The maximum atomic E-state index is 4.10. The molecule has 0 spiro atoms. The van der Waals surface area contributed by atoms with E-state index in [9.17, 15) is 0 Å². The average molecular weight is 278 g/mol. The van der Waals surface area contributed by atoms with Crippen LogP contribution in [0.1, 0.15) is 30.3 Å². The molecule has 4 heteroatoms. The Morgan fingerprint density at radius 3 is 3.06 bits per heavy atom. The number of benzene rings is 1. The van der Waals surface area contributed by atoms with Gasteiger partial charge in [-0.2, -0.15) is 0 Å². The molecule has 0 aliphatic heterocycles. The molecular formula is C14H18N2S2. The molecule has 1 atom stereocenters. The lowest BCUT2D eigenvalue weighted by atomic mass is 10.1. The van der Waals surface area contributed by atoms with E-state index in [1.165, 1.54) is 15.3 Å². The summed E-state index contributed by atoms with van der Waals surface area (Å²) < 4.78 is 0. The van der Waals surface area contributed by atoms with Crippen LogP contribution in [0, 0.1) is 0 Å². The van der Waals surface area contributed by atoms with Crippen LogP contribution >= 0.6 is 23.1 Å². The molecule has 0 saturated carbocycles. The first kappa shape index (κ1) is 13.6. The number of thiazole rings is 1. The lowest BCUT2D eigenvalue weighted by Gasteiger charge is -2.13. The number of nitrogens with one attached hydrogen (secondary N) is 1. The van der Waals surface area contributed by atoms with Crippen molar-refractivity contribution in [2.24, 2.45) is 0 Å². The third-order valence-electron chi connectivity index (χ3n) is 2.73. The van der Waals surface area contributed by atoms with Crippen LogP contribution in [0.3, 0.4) is 0 Å². The molecule has 2 nitrogen and oxygen atoms in total. The molecular weight excluding hydrogens is 260 g/mol. The highest BCUT2D eigenvalue weighted by Crippen LogP contribution is 2.26. The summed E-state index contributed by atoms with van der Waals surface area (Å²) in [5, 5.41) is 3.44. The Morgan fingerprint density at radius 1 is 1.44 bits per heavy atom. The predicted octanol–water partition coefficient (Wildman–Crippen LogP) is 4.11. The van der Waals surface area contributed by atoms with Gasteiger partial charge >= 0.3 is 0 Å². The quantitative estimate of drug-likeness (QED) is 0.805. The van der Waals surface area contributed by atoms with E-state index in [1.807, 2.05) is 23.5 Å². The molecule has 2 rings (SSSR count). The lowest BCUT2D eigenvalue weighted by Crippen LogP contribution is -2.17. The number of hydrogen-bond donors (Lipinski definition) is 1. The van der Waals surface area contributed by atoms with Gasteiger partial charge in [0.05, 0.1) is 5.51 Å². The summed E-state index contributed by atoms with van der Waals surface area (Å²) in [5.74, 6) is 1.00. The van der Waals surface area contributed by atoms with Crippen molar-refractivity contribution in [3.05, 3.63) is 46.4 Å². The Bertz CT molecular complexity index is 468. The fourth-order valence-corrected chi connectivity index (χ4v) is 3.37. The Kier molecular flexibility index (Phi) is 5.23.